The summed E-state index contributed by atoms with van der Waals surface area (Å²) in [5.41, 5.74) is 0.876. The van der Waals surface area contributed by atoms with Gasteiger partial charge in [-0.25, -0.2) is 5.53 Å². The van der Waals surface area contributed by atoms with Gasteiger partial charge in [-0.2, -0.15) is 39.5 Å². The molecule has 1 fully saturated rings. The highest BCUT2D eigenvalue weighted by Gasteiger charge is 2.37. The third-order valence-electron chi connectivity index (χ3n) is 7.98. The van der Waals surface area contributed by atoms with Gasteiger partial charge in [0.25, 0.3) is 0 Å². The number of hydrogen-bond acceptors (Lipinski definition) is 7. The van der Waals surface area contributed by atoms with Gasteiger partial charge in [-0.15, -0.1) is 10.2 Å². The van der Waals surface area contributed by atoms with Crippen molar-refractivity contribution in [2.45, 2.75) is 76.8 Å². The van der Waals surface area contributed by atoms with Crippen LogP contribution >= 0.6 is 0 Å². The van der Waals surface area contributed by atoms with Gasteiger partial charge in [0.1, 0.15) is 0 Å². The van der Waals surface area contributed by atoms with Crippen LogP contribution in [0.2, 0.25) is 0 Å². The molecule has 1 aromatic rings. The average Bonchev–Trinajstić information content (AvgIpc) is 3.39. The van der Waals surface area contributed by atoms with Crippen molar-refractivity contribution in [3.63, 3.8) is 0 Å². The van der Waals surface area contributed by atoms with E-state index in [1.54, 1.807) is 19.1 Å². The van der Waals surface area contributed by atoms with Crippen molar-refractivity contribution in [2.75, 3.05) is 26.7 Å². The molecule has 1 aromatic carbocycles. The second kappa shape index (κ2) is 14.7. The smallest absolute Gasteiger partial charge is 0.386 e. The Kier molecular flexibility index (Phi) is 11.9. The number of piperidine rings is 1. The molecule has 1 atom stereocenters. The molecule has 3 N–H and O–H groups in total. The number of hydrazone groups is 1. The van der Waals surface area contributed by atoms with Crippen LogP contribution in [0.25, 0.3) is 0 Å². The maximum atomic E-state index is 14.0. The first-order chi connectivity index (χ1) is 21.7. The number of nitrogens with zero attached hydrogens (tertiary/aromatic N) is 4. The van der Waals surface area contributed by atoms with Gasteiger partial charge in [0.15, 0.2) is 0 Å². The minimum Gasteiger partial charge on any atom is -0.386 e. The summed E-state index contributed by atoms with van der Waals surface area (Å²) in [6.07, 6.45) is -8.83. The zero-order chi connectivity index (χ0) is 35.4. The van der Waals surface area contributed by atoms with Crippen LogP contribution in [0.3, 0.4) is 0 Å². The Hall–Kier alpha value is -3.50. The fraction of sp³-hybridized carbons (Fsp3) is 0.516. The molecule has 0 aromatic heterocycles. The zero-order valence-electron chi connectivity index (χ0n) is 26.4. The van der Waals surface area contributed by atoms with E-state index in [-0.39, 0.29) is 18.1 Å². The lowest BCUT2D eigenvalue weighted by Crippen LogP contribution is -2.46. The van der Waals surface area contributed by atoms with Gasteiger partial charge in [0.05, 0.1) is 11.2 Å². The van der Waals surface area contributed by atoms with Crippen molar-refractivity contribution in [3.8, 4) is 0 Å². The van der Waals surface area contributed by atoms with Gasteiger partial charge >= 0.3 is 18.5 Å². The number of aliphatic hydroxyl groups is 1. The summed E-state index contributed by atoms with van der Waals surface area (Å²) in [5, 5.41) is 16.1. The van der Waals surface area contributed by atoms with Gasteiger partial charge in [0, 0.05) is 50.4 Å². The predicted molar refractivity (Wildman–Crippen MR) is 160 cm³/mol. The number of alkyl halides is 9. The zero-order valence-corrected chi connectivity index (χ0v) is 26.4. The molecule has 262 valence electrons. The molecule has 2 aliphatic heterocycles. The largest absolute Gasteiger partial charge is 0.416 e. The molecule has 1 saturated heterocycles. The SMILES string of the molecule is C=C(/C=C(\C=C(/C)C(F)(F)F)CN(Cc1cc(C(F)(F)F)ccc1C(CC)N1CCC(O)(/C=C/C)CC1)C1=NNN(C)N1)C(F)(F)F. The second-order valence-electron chi connectivity index (χ2n) is 11.6. The number of halogens is 9. The molecule has 7 nitrogen and oxygen atoms in total. The van der Waals surface area contributed by atoms with Crippen molar-refractivity contribution in [3.05, 3.63) is 82.5 Å². The number of nitrogens with one attached hydrogen (secondary N) is 2. The van der Waals surface area contributed by atoms with Crippen LogP contribution < -0.4 is 11.0 Å². The highest BCUT2D eigenvalue weighted by Crippen LogP contribution is 2.37. The summed E-state index contributed by atoms with van der Waals surface area (Å²) in [6, 6.07) is 2.82. The maximum Gasteiger partial charge on any atom is 0.416 e. The van der Waals surface area contributed by atoms with Gasteiger partial charge in [-0.05, 0) is 74.1 Å². The Bertz CT molecular complexity index is 1390. The molecule has 0 saturated carbocycles. The lowest BCUT2D eigenvalue weighted by molar-refractivity contribution is -0.137. The molecule has 2 heterocycles. The topological polar surface area (TPSA) is 66.4 Å². The molecule has 0 bridgehead atoms. The Morgan fingerprint density at radius 3 is 2.21 bits per heavy atom. The Balaban J connectivity index is 2.12. The molecule has 3 rings (SSSR count). The molecule has 1 unspecified atom stereocenters. The van der Waals surface area contributed by atoms with Gasteiger partial charge in [-0.1, -0.05) is 31.7 Å². The van der Waals surface area contributed by atoms with Crippen LogP contribution in [0.4, 0.5) is 39.5 Å². The molecule has 16 heteroatoms. The molecule has 0 spiro atoms. The number of likely N-dealkylation sites (tertiary alicyclic amines) is 1. The molecule has 0 aliphatic carbocycles. The molecule has 2 aliphatic rings. The number of benzene rings is 1. The Morgan fingerprint density at radius 1 is 1.09 bits per heavy atom. The summed E-state index contributed by atoms with van der Waals surface area (Å²) in [4.78, 5) is 3.29. The van der Waals surface area contributed by atoms with Crippen molar-refractivity contribution in [1.82, 2.24) is 25.9 Å². The maximum absolute atomic E-state index is 14.0. The predicted octanol–water partition coefficient (Wildman–Crippen LogP) is 7.14. The lowest BCUT2D eigenvalue weighted by Gasteiger charge is -2.41. The summed E-state index contributed by atoms with van der Waals surface area (Å²) < 4.78 is 123. The number of guanidine groups is 1. The highest BCUT2D eigenvalue weighted by atomic mass is 19.4. The fourth-order valence-corrected chi connectivity index (χ4v) is 5.51. The number of hydrogen-bond donors (Lipinski definition) is 3. The van der Waals surface area contributed by atoms with Crippen LogP contribution in [0.15, 0.2) is 70.9 Å². The lowest BCUT2D eigenvalue weighted by atomic mass is 9.88. The third-order valence-corrected chi connectivity index (χ3v) is 7.98. The first kappa shape index (κ1) is 38.0. The molecule has 47 heavy (non-hydrogen) atoms. The third kappa shape index (κ3) is 10.2. The van der Waals surface area contributed by atoms with Gasteiger partial charge in [-0.3, -0.25) is 10.3 Å². The number of allylic oxidation sites excluding steroid dienone is 4. The fourth-order valence-electron chi connectivity index (χ4n) is 5.51. The molecular weight excluding hydrogens is 643 g/mol. The van der Waals surface area contributed by atoms with E-state index in [1.807, 2.05) is 11.8 Å². The number of hydrazine groups is 2. The van der Waals surface area contributed by atoms with Crippen molar-refractivity contribution in [2.24, 2.45) is 5.10 Å². The van der Waals surface area contributed by atoms with Gasteiger partial charge < -0.3 is 10.0 Å². The van der Waals surface area contributed by atoms with E-state index < -0.39 is 59.0 Å². The standard InChI is InChI=1S/C31H39F9N6O/c1-6-10-28(47)11-13-45(14-12-28)26(7-2)25-9-8-24(31(38,39)40)17-23(25)19-46(27-41-43-44(5)42-27)18-22(15-20(3)29(32,33)34)16-21(4)30(35,36)37/h6,8-10,15-17,26,43,47H,3,7,11-14,18-19H2,1-2,4-5H3,(H,41,42)/b10-6+,21-16+,22-15+. The van der Waals surface area contributed by atoms with Crippen LogP contribution in [-0.4, -0.2) is 70.6 Å². The summed E-state index contributed by atoms with van der Waals surface area (Å²) in [6.45, 7) is 7.16. The average molecular weight is 683 g/mol. The van der Waals surface area contributed by atoms with Crippen LogP contribution in [0, 0.1) is 0 Å². The molecular formula is C31H39F9N6O. The van der Waals surface area contributed by atoms with E-state index >= 15 is 0 Å². The quantitative estimate of drug-likeness (QED) is 0.139. The van der Waals surface area contributed by atoms with Crippen LogP contribution in [0.1, 0.15) is 62.8 Å². The van der Waals surface area contributed by atoms with Crippen LogP contribution in [0.5, 0.6) is 0 Å². The Labute approximate surface area is 267 Å². The van der Waals surface area contributed by atoms with Crippen molar-refractivity contribution < 1.29 is 44.6 Å². The molecule has 0 amide bonds. The normalized spacial score (nSPS) is 19.4. The summed E-state index contributed by atoms with van der Waals surface area (Å²) in [7, 11) is 1.48. The summed E-state index contributed by atoms with van der Waals surface area (Å²) in [5.74, 6) is -0.0557. The van der Waals surface area contributed by atoms with E-state index in [0.29, 0.717) is 57.0 Å². The monoisotopic (exact) mass is 682 g/mol. The first-order valence-electron chi connectivity index (χ1n) is 14.8. The van der Waals surface area contributed by atoms with Crippen LogP contribution in [-0.2, 0) is 12.7 Å². The van der Waals surface area contributed by atoms with Gasteiger partial charge in [0.2, 0.25) is 5.96 Å². The highest BCUT2D eigenvalue weighted by molar-refractivity contribution is 5.80. The minimum atomic E-state index is -4.95. The first-order valence-corrected chi connectivity index (χ1v) is 14.8. The minimum absolute atomic E-state index is 0.0557. The van der Waals surface area contributed by atoms with E-state index in [2.05, 4.69) is 22.6 Å². The van der Waals surface area contributed by atoms with E-state index in [1.165, 1.54) is 23.1 Å². The van der Waals surface area contributed by atoms with E-state index in [9.17, 15) is 44.6 Å². The van der Waals surface area contributed by atoms with Crippen molar-refractivity contribution in [1.29, 1.82) is 0 Å². The molecule has 0 radical (unpaired) electrons. The van der Waals surface area contributed by atoms with E-state index in [0.717, 1.165) is 12.1 Å². The van der Waals surface area contributed by atoms with E-state index in [4.69, 9.17) is 0 Å². The second-order valence-corrected chi connectivity index (χ2v) is 11.6. The summed E-state index contributed by atoms with van der Waals surface area (Å²) >= 11 is 0. The van der Waals surface area contributed by atoms with Crippen molar-refractivity contribution >= 4 is 5.96 Å². The Morgan fingerprint density at radius 2 is 1.72 bits per heavy atom. The number of rotatable bonds is 10.